The predicted octanol–water partition coefficient (Wildman–Crippen LogP) is 1.50. The molecule has 112 valence electrons. The zero-order chi connectivity index (χ0) is 15.1. The topological polar surface area (TPSA) is 94.0 Å². The van der Waals surface area contributed by atoms with E-state index in [1.165, 1.54) is 6.42 Å². The number of nitrogens with two attached hydrogens (primary N) is 1. The summed E-state index contributed by atoms with van der Waals surface area (Å²) in [7, 11) is 0. The SMILES string of the molecule is Cc1cc(-c2cnc(N)nc2)n2nc(C3CCCN3)cc2n1. The van der Waals surface area contributed by atoms with E-state index in [1.54, 1.807) is 12.4 Å². The lowest BCUT2D eigenvalue weighted by Crippen LogP contribution is -2.13. The summed E-state index contributed by atoms with van der Waals surface area (Å²) in [5, 5.41) is 8.21. The number of rotatable bonds is 2. The molecule has 22 heavy (non-hydrogen) atoms. The fourth-order valence-corrected chi connectivity index (χ4v) is 2.90. The number of hydrogen-bond acceptors (Lipinski definition) is 6. The number of aryl methyl sites for hydroxylation is 1. The van der Waals surface area contributed by atoms with Gasteiger partial charge in [-0.1, -0.05) is 0 Å². The smallest absolute Gasteiger partial charge is 0.219 e. The highest BCUT2D eigenvalue weighted by Gasteiger charge is 2.20. The molecule has 7 heteroatoms. The summed E-state index contributed by atoms with van der Waals surface area (Å²) in [6.07, 6.45) is 5.73. The molecular weight excluding hydrogens is 278 g/mol. The van der Waals surface area contributed by atoms with Gasteiger partial charge in [0, 0.05) is 29.7 Å². The fourth-order valence-electron chi connectivity index (χ4n) is 2.90. The summed E-state index contributed by atoms with van der Waals surface area (Å²) < 4.78 is 1.86. The molecule has 1 unspecified atom stereocenters. The maximum atomic E-state index is 5.57. The molecule has 1 saturated heterocycles. The van der Waals surface area contributed by atoms with E-state index >= 15 is 0 Å². The first-order chi connectivity index (χ1) is 10.7. The number of hydrogen-bond donors (Lipinski definition) is 2. The molecule has 3 aromatic heterocycles. The van der Waals surface area contributed by atoms with E-state index in [4.69, 9.17) is 10.8 Å². The Morgan fingerprint density at radius 1 is 1.27 bits per heavy atom. The molecule has 0 bridgehead atoms. The summed E-state index contributed by atoms with van der Waals surface area (Å²) >= 11 is 0. The van der Waals surface area contributed by atoms with Crippen LogP contribution in [0.3, 0.4) is 0 Å². The molecule has 0 aliphatic carbocycles. The van der Waals surface area contributed by atoms with Crippen LogP contribution in [0.2, 0.25) is 0 Å². The number of nitrogens with one attached hydrogen (secondary N) is 1. The minimum atomic E-state index is 0.266. The highest BCUT2D eigenvalue weighted by atomic mass is 15.3. The molecule has 1 fully saturated rings. The summed E-state index contributed by atoms with van der Waals surface area (Å²) in [5.74, 6) is 0.266. The zero-order valence-corrected chi connectivity index (χ0v) is 12.3. The van der Waals surface area contributed by atoms with Gasteiger partial charge in [0.25, 0.3) is 0 Å². The maximum absolute atomic E-state index is 5.57. The van der Waals surface area contributed by atoms with Crippen molar-refractivity contribution in [2.75, 3.05) is 12.3 Å². The van der Waals surface area contributed by atoms with Crippen LogP contribution in [0, 0.1) is 6.92 Å². The molecule has 0 saturated carbocycles. The van der Waals surface area contributed by atoms with Crippen LogP contribution in [-0.4, -0.2) is 31.1 Å². The van der Waals surface area contributed by atoms with Gasteiger partial charge in [0.05, 0.1) is 17.4 Å². The van der Waals surface area contributed by atoms with Crippen LogP contribution in [0.25, 0.3) is 16.9 Å². The average Bonchev–Trinajstić information content (AvgIpc) is 3.15. The van der Waals surface area contributed by atoms with Crippen molar-refractivity contribution in [2.45, 2.75) is 25.8 Å². The van der Waals surface area contributed by atoms with Gasteiger partial charge in [0.2, 0.25) is 5.95 Å². The molecule has 0 radical (unpaired) electrons. The van der Waals surface area contributed by atoms with Crippen LogP contribution < -0.4 is 11.1 Å². The molecule has 4 rings (SSSR count). The van der Waals surface area contributed by atoms with Crippen molar-refractivity contribution >= 4 is 11.6 Å². The van der Waals surface area contributed by atoms with Crippen molar-refractivity contribution in [3.63, 3.8) is 0 Å². The summed E-state index contributed by atoms with van der Waals surface area (Å²) in [6, 6.07) is 4.36. The first-order valence-corrected chi connectivity index (χ1v) is 7.39. The van der Waals surface area contributed by atoms with Gasteiger partial charge >= 0.3 is 0 Å². The number of nitrogens with zero attached hydrogens (tertiary/aromatic N) is 5. The third kappa shape index (κ3) is 2.19. The van der Waals surface area contributed by atoms with Gasteiger partial charge in [-0.25, -0.2) is 19.5 Å². The average molecular weight is 295 g/mol. The maximum Gasteiger partial charge on any atom is 0.219 e. The van der Waals surface area contributed by atoms with E-state index in [0.29, 0.717) is 6.04 Å². The van der Waals surface area contributed by atoms with E-state index in [-0.39, 0.29) is 5.95 Å². The van der Waals surface area contributed by atoms with E-state index in [0.717, 1.165) is 41.3 Å². The van der Waals surface area contributed by atoms with Gasteiger partial charge in [-0.3, -0.25) is 0 Å². The summed E-state index contributed by atoms with van der Waals surface area (Å²) in [6.45, 7) is 3.02. The Bertz CT molecular complexity index is 816. The van der Waals surface area contributed by atoms with Gasteiger partial charge in [-0.05, 0) is 32.4 Å². The van der Waals surface area contributed by atoms with Crippen LogP contribution in [0.4, 0.5) is 5.95 Å². The van der Waals surface area contributed by atoms with Crippen LogP contribution in [0.15, 0.2) is 24.5 Å². The molecule has 0 spiro atoms. The second kappa shape index (κ2) is 5.03. The van der Waals surface area contributed by atoms with E-state index in [2.05, 4.69) is 26.3 Å². The van der Waals surface area contributed by atoms with Crippen LogP contribution in [0.5, 0.6) is 0 Å². The Labute approximate surface area is 127 Å². The molecule has 7 nitrogen and oxygen atoms in total. The first-order valence-electron chi connectivity index (χ1n) is 7.39. The minimum Gasteiger partial charge on any atom is -0.368 e. The second-order valence-corrected chi connectivity index (χ2v) is 5.60. The molecule has 3 aromatic rings. The Kier molecular flexibility index (Phi) is 3.00. The fraction of sp³-hybridized carbons (Fsp3) is 0.333. The zero-order valence-electron chi connectivity index (χ0n) is 12.3. The standard InChI is InChI=1S/C15H17N7/c1-9-5-13(10-7-18-15(16)19-8-10)22-14(20-9)6-12(21-22)11-3-2-4-17-11/h5-8,11,17H,2-4H2,1H3,(H2,16,18,19). The lowest BCUT2D eigenvalue weighted by atomic mass is 10.2. The molecule has 1 aliphatic heterocycles. The molecule has 3 N–H and O–H groups in total. The molecule has 4 heterocycles. The van der Waals surface area contributed by atoms with Crippen molar-refractivity contribution in [1.29, 1.82) is 0 Å². The Morgan fingerprint density at radius 2 is 2.09 bits per heavy atom. The van der Waals surface area contributed by atoms with Crippen molar-refractivity contribution < 1.29 is 0 Å². The minimum absolute atomic E-state index is 0.266. The molecule has 0 aromatic carbocycles. The monoisotopic (exact) mass is 295 g/mol. The normalized spacial score (nSPS) is 18.1. The number of nitrogen functional groups attached to an aromatic ring is 1. The first kappa shape index (κ1) is 13.1. The number of fused-ring (bicyclic) bond motifs is 1. The van der Waals surface area contributed by atoms with Crippen molar-refractivity contribution in [3.8, 4) is 11.3 Å². The molecule has 1 aliphatic rings. The van der Waals surface area contributed by atoms with E-state index < -0.39 is 0 Å². The molecular formula is C15H17N7. The van der Waals surface area contributed by atoms with Crippen molar-refractivity contribution in [2.24, 2.45) is 0 Å². The third-order valence-corrected chi connectivity index (χ3v) is 3.96. The van der Waals surface area contributed by atoms with E-state index in [1.807, 2.05) is 17.5 Å². The van der Waals surface area contributed by atoms with Gasteiger partial charge in [-0.15, -0.1) is 0 Å². The predicted molar refractivity (Wildman–Crippen MR) is 83.1 cm³/mol. The Morgan fingerprint density at radius 3 is 2.82 bits per heavy atom. The lowest BCUT2D eigenvalue weighted by Gasteiger charge is -2.06. The lowest BCUT2D eigenvalue weighted by molar-refractivity contribution is 0.621. The molecule has 1 atom stereocenters. The number of aromatic nitrogens is 5. The van der Waals surface area contributed by atoms with Gasteiger partial charge in [0.1, 0.15) is 0 Å². The Hall–Kier alpha value is -2.54. The third-order valence-electron chi connectivity index (χ3n) is 3.96. The van der Waals surface area contributed by atoms with Crippen molar-refractivity contribution in [3.05, 3.63) is 35.9 Å². The van der Waals surface area contributed by atoms with Gasteiger partial charge in [-0.2, -0.15) is 5.10 Å². The highest BCUT2D eigenvalue weighted by Crippen LogP contribution is 2.25. The quantitative estimate of drug-likeness (QED) is 0.744. The van der Waals surface area contributed by atoms with Gasteiger partial charge < -0.3 is 11.1 Å². The van der Waals surface area contributed by atoms with Gasteiger partial charge in [0.15, 0.2) is 5.65 Å². The van der Waals surface area contributed by atoms with Crippen LogP contribution in [0.1, 0.15) is 30.3 Å². The number of anilines is 1. The van der Waals surface area contributed by atoms with Crippen molar-refractivity contribution in [1.82, 2.24) is 29.9 Å². The second-order valence-electron chi connectivity index (χ2n) is 5.60. The largest absolute Gasteiger partial charge is 0.368 e. The summed E-state index contributed by atoms with van der Waals surface area (Å²) in [4.78, 5) is 12.7. The molecule has 0 amide bonds. The van der Waals surface area contributed by atoms with E-state index in [9.17, 15) is 0 Å². The summed E-state index contributed by atoms with van der Waals surface area (Å²) in [5.41, 5.74) is 10.2. The van der Waals surface area contributed by atoms with Crippen LogP contribution >= 0.6 is 0 Å². The highest BCUT2D eigenvalue weighted by molar-refractivity contribution is 5.62. The van der Waals surface area contributed by atoms with Crippen LogP contribution in [-0.2, 0) is 0 Å². The Balaban J connectivity index is 1.87.